The standard InChI is InChI=1S/C31H29N7O5S/c1-18-25(29(40)42-2)44-30(34-18)36-28(39)21-12-10-20(11-13-21)23-24-26(32)33-14-16-38(24)27(35-23)22-9-6-15-37(22)31(41)43-17-19-7-4-3-5-8-19/h3-5,7-8,10-14,16,22H,6,9,15,17H2,1-2H3,(H2,32,33)(H,34,36,39)/t22-/m0/s1. The Labute approximate surface area is 256 Å². The predicted molar refractivity (Wildman–Crippen MR) is 164 cm³/mol. The minimum atomic E-state index is -0.505. The van der Waals surface area contributed by atoms with Crippen LogP contribution in [0.3, 0.4) is 0 Å². The Morgan fingerprint density at radius 1 is 1.09 bits per heavy atom. The molecule has 13 heteroatoms. The van der Waals surface area contributed by atoms with Crippen molar-refractivity contribution in [2.24, 2.45) is 0 Å². The highest BCUT2D eigenvalue weighted by atomic mass is 32.1. The maximum atomic E-state index is 13.1. The second-order valence-electron chi connectivity index (χ2n) is 10.2. The van der Waals surface area contributed by atoms with Crippen molar-refractivity contribution in [1.82, 2.24) is 24.3 Å². The number of ether oxygens (including phenoxy) is 2. The number of aromatic nitrogens is 4. The van der Waals surface area contributed by atoms with Gasteiger partial charge in [0.25, 0.3) is 5.91 Å². The second kappa shape index (κ2) is 12.1. The van der Waals surface area contributed by atoms with Crippen molar-refractivity contribution in [1.29, 1.82) is 0 Å². The van der Waals surface area contributed by atoms with Crippen molar-refractivity contribution in [2.45, 2.75) is 32.4 Å². The largest absolute Gasteiger partial charge is 0.465 e. The molecule has 1 saturated heterocycles. The molecule has 2 aromatic carbocycles. The Hall–Kier alpha value is -5.30. The van der Waals surface area contributed by atoms with Gasteiger partial charge in [-0.3, -0.25) is 19.4 Å². The zero-order valence-electron chi connectivity index (χ0n) is 24.0. The molecule has 6 rings (SSSR count). The Kier molecular flexibility index (Phi) is 7.94. The molecule has 224 valence electrons. The van der Waals surface area contributed by atoms with Gasteiger partial charge in [0.05, 0.1) is 18.8 Å². The molecule has 1 atom stereocenters. The number of rotatable bonds is 7. The zero-order valence-corrected chi connectivity index (χ0v) is 24.8. The number of thiazole rings is 1. The molecule has 0 unspecified atom stereocenters. The number of benzene rings is 2. The summed E-state index contributed by atoms with van der Waals surface area (Å²) in [6, 6.07) is 16.1. The molecule has 5 aromatic rings. The van der Waals surface area contributed by atoms with E-state index in [2.05, 4.69) is 15.3 Å². The van der Waals surface area contributed by atoms with Crippen LogP contribution in [0.5, 0.6) is 0 Å². The number of amides is 2. The first-order chi connectivity index (χ1) is 21.3. The topological polar surface area (TPSA) is 154 Å². The van der Waals surface area contributed by atoms with Crippen molar-refractivity contribution in [2.75, 3.05) is 24.7 Å². The van der Waals surface area contributed by atoms with E-state index in [1.165, 1.54) is 7.11 Å². The van der Waals surface area contributed by atoms with Gasteiger partial charge in [-0.25, -0.2) is 24.5 Å². The number of anilines is 2. The fraction of sp³-hybridized carbons (Fsp3) is 0.226. The number of esters is 1. The van der Waals surface area contributed by atoms with Gasteiger partial charge in [0.15, 0.2) is 5.13 Å². The summed E-state index contributed by atoms with van der Waals surface area (Å²) in [6.45, 7) is 2.41. The van der Waals surface area contributed by atoms with Crippen molar-refractivity contribution < 1.29 is 23.9 Å². The third-order valence-corrected chi connectivity index (χ3v) is 8.46. The van der Waals surface area contributed by atoms with Gasteiger partial charge in [-0.05, 0) is 37.5 Å². The number of likely N-dealkylation sites (tertiary alicyclic amines) is 1. The third kappa shape index (κ3) is 5.56. The number of imidazole rings is 1. The maximum Gasteiger partial charge on any atom is 0.410 e. The lowest BCUT2D eigenvalue weighted by Crippen LogP contribution is -2.32. The van der Waals surface area contributed by atoms with E-state index in [1.807, 2.05) is 34.7 Å². The van der Waals surface area contributed by atoms with Crippen LogP contribution >= 0.6 is 11.3 Å². The van der Waals surface area contributed by atoms with Crippen LogP contribution in [0.2, 0.25) is 0 Å². The number of carbonyl (C=O) groups excluding carboxylic acids is 3. The molecule has 3 aromatic heterocycles. The number of methoxy groups -OCH3 is 1. The Morgan fingerprint density at radius 3 is 2.61 bits per heavy atom. The van der Waals surface area contributed by atoms with Gasteiger partial charge in [0.1, 0.15) is 34.3 Å². The molecule has 2 amide bonds. The molecular formula is C31H29N7O5S. The number of aryl methyl sites for hydroxylation is 1. The molecule has 4 heterocycles. The predicted octanol–water partition coefficient (Wildman–Crippen LogP) is 5.26. The minimum absolute atomic E-state index is 0.182. The molecular weight excluding hydrogens is 582 g/mol. The van der Waals surface area contributed by atoms with E-state index in [9.17, 15) is 14.4 Å². The number of hydrogen-bond donors (Lipinski definition) is 2. The van der Waals surface area contributed by atoms with Crippen molar-refractivity contribution >= 4 is 45.8 Å². The first-order valence-corrected chi connectivity index (χ1v) is 14.7. The van der Waals surface area contributed by atoms with Crippen LogP contribution in [0, 0.1) is 6.92 Å². The summed E-state index contributed by atoms with van der Waals surface area (Å²) >= 11 is 1.05. The van der Waals surface area contributed by atoms with E-state index in [0.29, 0.717) is 57.1 Å². The number of hydrogen-bond acceptors (Lipinski definition) is 10. The van der Waals surface area contributed by atoms with Gasteiger partial charge in [-0.15, -0.1) is 0 Å². The summed E-state index contributed by atoms with van der Waals surface area (Å²) in [4.78, 5) is 53.5. The number of nitrogen functional groups attached to an aromatic ring is 1. The van der Waals surface area contributed by atoms with Gasteiger partial charge in [-0.2, -0.15) is 0 Å². The highest BCUT2D eigenvalue weighted by Crippen LogP contribution is 2.37. The highest BCUT2D eigenvalue weighted by Gasteiger charge is 2.35. The van der Waals surface area contributed by atoms with Gasteiger partial charge in [0, 0.05) is 30.1 Å². The molecule has 44 heavy (non-hydrogen) atoms. The van der Waals surface area contributed by atoms with E-state index in [1.54, 1.807) is 48.5 Å². The van der Waals surface area contributed by atoms with Crippen molar-refractivity contribution in [3.8, 4) is 11.3 Å². The van der Waals surface area contributed by atoms with Gasteiger partial charge < -0.3 is 15.2 Å². The van der Waals surface area contributed by atoms with E-state index in [4.69, 9.17) is 20.2 Å². The SMILES string of the molecule is COC(=O)c1sc(NC(=O)c2ccc(-c3nc([C@@H]4CCCN4C(=O)OCc4ccccc4)n4ccnc(N)c34)cc2)nc1C. The van der Waals surface area contributed by atoms with E-state index in [-0.39, 0.29) is 18.6 Å². The van der Waals surface area contributed by atoms with Crippen LogP contribution < -0.4 is 11.1 Å². The number of carbonyl (C=O) groups is 3. The fourth-order valence-corrected chi connectivity index (χ4v) is 6.14. The molecule has 0 bridgehead atoms. The quantitative estimate of drug-likeness (QED) is 0.235. The smallest absolute Gasteiger partial charge is 0.410 e. The van der Waals surface area contributed by atoms with Crippen LogP contribution in [0.25, 0.3) is 16.8 Å². The Balaban J connectivity index is 1.25. The average molecular weight is 612 g/mol. The summed E-state index contributed by atoms with van der Waals surface area (Å²) in [5.41, 5.74) is 10.0. The van der Waals surface area contributed by atoms with Gasteiger partial charge in [0.2, 0.25) is 0 Å². The van der Waals surface area contributed by atoms with Gasteiger partial charge in [-0.1, -0.05) is 53.8 Å². The van der Waals surface area contributed by atoms with Crippen molar-refractivity contribution in [3.05, 3.63) is 94.5 Å². The Bertz CT molecular complexity index is 1850. The van der Waals surface area contributed by atoms with Gasteiger partial charge >= 0.3 is 12.1 Å². The first-order valence-electron chi connectivity index (χ1n) is 13.9. The zero-order chi connectivity index (χ0) is 30.8. The lowest BCUT2D eigenvalue weighted by atomic mass is 10.1. The minimum Gasteiger partial charge on any atom is -0.465 e. The third-order valence-electron chi connectivity index (χ3n) is 7.41. The summed E-state index contributed by atoms with van der Waals surface area (Å²) < 4.78 is 12.3. The molecule has 1 aliphatic heterocycles. The normalized spacial score (nSPS) is 14.5. The van der Waals surface area contributed by atoms with Crippen LogP contribution in [0.15, 0.2) is 67.0 Å². The van der Waals surface area contributed by atoms with Crippen LogP contribution in [-0.2, 0) is 16.1 Å². The van der Waals surface area contributed by atoms with Crippen LogP contribution in [0.4, 0.5) is 15.7 Å². The summed E-state index contributed by atoms with van der Waals surface area (Å²) in [5, 5.41) is 3.03. The Morgan fingerprint density at radius 2 is 1.86 bits per heavy atom. The van der Waals surface area contributed by atoms with Crippen molar-refractivity contribution in [3.63, 3.8) is 0 Å². The lowest BCUT2D eigenvalue weighted by molar-refractivity contribution is 0.0605. The molecule has 3 N–H and O–H groups in total. The number of nitrogens with one attached hydrogen (secondary N) is 1. The number of nitrogens with two attached hydrogens (primary N) is 1. The maximum absolute atomic E-state index is 13.1. The molecule has 0 aliphatic carbocycles. The highest BCUT2D eigenvalue weighted by molar-refractivity contribution is 7.17. The average Bonchev–Trinajstić information content (AvgIpc) is 3.77. The summed E-state index contributed by atoms with van der Waals surface area (Å²) in [6.07, 6.45) is 4.50. The summed E-state index contributed by atoms with van der Waals surface area (Å²) in [7, 11) is 1.29. The molecule has 0 spiro atoms. The lowest BCUT2D eigenvalue weighted by Gasteiger charge is -2.23. The molecule has 1 fully saturated rings. The molecule has 0 radical (unpaired) electrons. The first kappa shape index (κ1) is 28.8. The fourth-order valence-electron chi connectivity index (χ4n) is 5.26. The van der Waals surface area contributed by atoms with E-state index in [0.717, 1.165) is 28.9 Å². The van der Waals surface area contributed by atoms with E-state index >= 15 is 0 Å². The number of fused-ring (bicyclic) bond motifs is 1. The number of nitrogens with zero attached hydrogens (tertiary/aromatic N) is 5. The van der Waals surface area contributed by atoms with E-state index < -0.39 is 12.1 Å². The second-order valence-corrected chi connectivity index (χ2v) is 11.2. The monoisotopic (exact) mass is 611 g/mol. The molecule has 12 nitrogen and oxygen atoms in total. The summed E-state index contributed by atoms with van der Waals surface area (Å²) in [5.74, 6) is 0.0597. The molecule has 0 saturated carbocycles. The van der Waals surface area contributed by atoms with Crippen LogP contribution in [0.1, 0.15) is 56.0 Å². The van der Waals surface area contributed by atoms with Crippen LogP contribution in [-0.4, -0.2) is 55.9 Å². The molecule has 1 aliphatic rings.